The van der Waals surface area contributed by atoms with Gasteiger partial charge in [-0.05, 0) is 49.7 Å². The maximum atomic E-state index is 12.9. The summed E-state index contributed by atoms with van der Waals surface area (Å²) in [7, 11) is 0. The van der Waals surface area contributed by atoms with Gasteiger partial charge in [-0.25, -0.2) is 4.98 Å². The summed E-state index contributed by atoms with van der Waals surface area (Å²) in [4.78, 5) is 29.9. The summed E-state index contributed by atoms with van der Waals surface area (Å²) >= 11 is 0. The smallest absolute Gasteiger partial charge is 0.292 e. The largest absolute Gasteiger partial charge is 0.467 e. The van der Waals surface area contributed by atoms with E-state index < -0.39 is 0 Å². The van der Waals surface area contributed by atoms with Crippen molar-refractivity contribution in [1.82, 2.24) is 14.7 Å². The number of hydrogen-bond donors (Lipinski definition) is 2. The van der Waals surface area contributed by atoms with Crippen molar-refractivity contribution in [3.63, 3.8) is 0 Å². The van der Waals surface area contributed by atoms with Crippen molar-refractivity contribution < 1.29 is 14.0 Å². The number of pyridine rings is 1. The zero-order valence-corrected chi connectivity index (χ0v) is 16.1. The van der Waals surface area contributed by atoms with Crippen LogP contribution in [0.3, 0.4) is 0 Å². The van der Waals surface area contributed by atoms with Crippen molar-refractivity contribution in [3.8, 4) is 0 Å². The molecule has 0 unspecified atom stereocenters. The molecule has 4 rings (SSSR count). The van der Waals surface area contributed by atoms with Crippen LogP contribution in [0.1, 0.15) is 38.0 Å². The second kappa shape index (κ2) is 7.63. The number of carbonyl (C=O) groups excluding carboxylic acids is 2. The Bertz CT molecular complexity index is 1190. The third kappa shape index (κ3) is 3.75. The van der Waals surface area contributed by atoms with Gasteiger partial charge in [-0.3, -0.25) is 14.0 Å². The van der Waals surface area contributed by atoms with Gasteiger partial charge in [0.1, 0.15) is 5.76 Å². The summed E-state index contributed by atoms with van der Waals surface area (Å²) in [5.74, 6) is 0.0114. The van der Waals surface area contributed by atoms with E-state index in [0.717, 1.165) is 11.1 Å². The number of furan rings is 1. The molecule has 0 saturated heterocycles. The van der Waals surface area contributed by atoms with Crippen LogP contribution in [0.25, 0.3) is 5.52 Å². The second-order valence-electron chi connectivity index (χ2n) is 6.77. The van der Waals surface area contributed by atoms with Gasteiger partial charge in [0.15, 0.2) is 5.69 Å². The molecule has 2 amide bonds. The lowest BCUT2D eigenvalue weighted by Gasteiger charge is -2.08. The quantitative estimate of drug-likeness (QED) is 0.545. The molecule has 1 aromatic carbocycles. The van der Waals surface area contributed by atoms with Crippen LogP contribution < -0.4 is 10.6 Å². The number of benzene rings is 1. The summed E-state index contributed by atoms with van der Waals surface area (Å²) in [6, 6.07) is 14.6. The van der Waals surface area contributed by atoms with Gasteiger partial charge in [-0.15, -0.1) is 0 Å². The molecule has 4 aromatic rings. The number of aromatic nitrogens is 2. The first-order valence-electron chi connectivity index (χ1n) is 9.19. The molecule has 2 N–H and O–H groups in total. The van der Waals surface area contributed by atoms with E-state index in [4.69, 9.17) is 4.42 Å². The van der Waals surface area contributed by atoms with Crippen molar-refractivity contribution in [1.29, 1.82) is 0 Å². The third-order valence-corrected chi connectivity index (χ3v) is 4.60. The lowest BCUT2D eigenvalue weighted by molar-refractivity contribution is 0.0945. The number of aryl methyl sites for hydroxylation is 2. The lowest BCUT2D eigenvalue weighted by atomic mass is 10.1. The van der Waals surface area contributed by atoms with E-state index in [2.05, 4.69) is 15.6 Å². The molecule has 146 valence electrons. The molecule has 0 radical (unpaired) electrons. The Morgan fingerprint density at radius 3 is 2.69 bits per heavy atom. The highest BCUT2D eigenvalue weighted by Gasteiger charge is 2.22. The third-order valence-electron chi connectivity index (χ3n) is 4.60. The molecule has 0 fully saturated rings. The van der Waals surface area contributed by atoms with Gasteiger partial charge in [0.2, 0.25) is 5.82 Å². The highest BCUT2D eigenvalue weighted by atomic mass is 16.3. The van der Waals surface area contributed by atoms with E-state index in [0.29, 0.717) is 17.0 Å². The standard InChI is InChI=1S/C22H20N4O3/c1-14-8-9-17(15(2)12-14)24-22(28)20-25-19(18-7-3-4-10-26(18)20)21(27)23-13-16-6-5-11-29-16/h3-12H,13H2,1-2H3,(H,23,27)(H,24,28). The first kappa shape index (κ1) is 18.5. The molecule has 3 aromatic heterocycles. The molecule has 0 saturated carbocycles. The van der Waals surface area contributed by atoms with Gasteiger partial charge in [0.05, 0.1) is 18.3 Å². The van der Waals surface area contributed by atoms with Gasteiger partial charge >= 0.3 is 0 Å². The maximum absolute atomic E-state index is 12.9. The van der Waals surface area contributed by atoms with E-state index in [9.17, 15) is 9.59 Å². The van der Waals surface area contributed by atoms with Crippen molar-refractivity contribution in [2.45, 2.75) is 20.4 Å². The van der Waals surface area contributed by atoms with Crippen LogP contribution in [-0.2, 0) is 6.54 Å². The molecule has 7 nitrogen and oxygen atoms in total. The predicted molar refractivity (Wildman–Crippen MR) is 109 cm³/mol. The fourth-order valence-corrected chi connectivity index (χ4v) is 3.16. The number of nitrogens with zero attached hydrogens (tertiary/aromatic N) is 2. The summed E-state index contributed by atoms with van der Waals surface area (Å²) in [6.07, 6.45) is 3.26. The van der Waals surface area contributed by atoms with E-state index in [1.807, 2.05) is 32.0 Å². The van der Waals surface area contributed by atoms with Crippen LogP contribution in [0.15, 0.2) is 65.4 Å². The molecule has 0 aliphatic carbocycles. The molecule has 3 heterocycles. The fourth-order valence-electron chi connectivity index (χ4n) is 3.16. The average molecular weight is 388 g/mol. The fraction of sp³-hybridized carbons (Fsp3) is 0.136. The van der Waals surface area contributed by atoms with Crippen molar-refractivity contribution >= 4 is 23.0 Å². The number of carbonyl (C=O) groups is 2. The molecule has 29 heavy (non-hydrogen) atoms. The monoisotopic (exact) mass is 388 g/mol. The Balaban J connectivity index is 1.63. The molecule has 0 aliphatic heterocycles. The number of amides is 2. The molecule has 0 atom stereocenters. The van der Waals surface area contributed by atoms with E-state index in [-0.39, 0.29) is 29.9 Å². The highest BCUT2D eigenvalue weighted by molar-refractivity contribution is 6.06. The summed E-state index contributed by atoms with van der Waals surface area (Å²) in [5.41, 5.74) is 3.51. The summed E-state index contributed by atoms with van der Waals surface area (Å²) in [6.45, 7) is 4.16. The average Bonchev–Trinajstić information content (AvgIpc) is 3.36. The van der Waals surface area contributed by atoms with Gasteiger partial charge in [0.25, 0.3) is 11.8 Å². The molecule has 0 spiro atoms. The highest BCUT2D eigenvalue weighted by Crippen LogP contribution is 2.19. The van der Waals surface area contributed by atoms with Crippen LogP contribution in [0.2, 0.25) is 0 Å². The van der Waals surface area contributed by atoms with E-state index >= 15 is 0 Å². The van der Waals surface area contributed by atoms with Crippen molar-refractivity contribution in [3.05, 3.63) is 89.4 Å². The van der Waals surface area contributed by atoms with Crippen LogP contribution in [0.5, 0.6) is 0 Å². The number of rotatable bonds is 5. The zero-order valence-electron chi connectivity index (χ0n) is 16.1. The minimum absolute atomic E-state index is 0.142. The Hall–Kier alpha value is -3.87. The van der Waals surface area contributed by atoms with Crippen LogP contribution in [-0.4, -0.2) is 21.2 Å². The number of hydrogen-bond acceptors (Lipinski definition) is 4. The lowest BCUT2D eigenvalue weighted by Crippen LogP contribution is -2.23. The zero-order chi connectivity index (χ0) is 20.4. The Morgan fingerprint density at radius 2 is 1.93 bits per heavy atom. The Labute approximate surface area is 167 Å². The van der Waals surface area contributed by atoms with Crippen LogP contribution >= 0.6 is 0 Å². The van der Waals surface area contributed by atoms with Crippen molar-refractivity contribution in [2.75, 3.05) is 5.32 Å². The predicted octanol–water partition coefficient (Wildman–Crippen LogP) is 3.73. The first-order chi connectivity index (χ1) is 14.0. The maximum Gasteiger partial charge on any atom is 0.292 e. The number of fused-ring (bicyclic) bond motifs is 1. The Morgan fingerprint density at radius 1 is 1.07 bits per heavy atom. The van der Waals surface area contributed by atoms with E-state index in [1.54, 1.807) is 47.2 Å². The first-order valence-corrected chi connectivity index (χ1v) is 9.19. The second-order valence-corrected chi connectivity index (χ2v) is 6.77. The number of nitrogens with one attached hydrogen (secondary N) is 2. The van der Waals surface area contributed by atoms with Gasteiger partial charge < -0.3 is 15.1 Å². The molecule has 7 heteroatoms. The van der Waals surface area contributed by atoms with Gasteiger partial charge in [0, 0.05) is 11.9 Å². The SMILES string of the molecule is Cc1ccc(NC(=O)c2nc(C(=O)NCc3ccco3)c3ccccn23)c(C)c1. The Kier molecular flexibility index (Phi) is 4.87. The minimum Gasteiger partial charge on any atom is -0.467 e. The molecular weight excluding hydrogens is 368 g/mol. The van der Waals surface area contributed by atoms with Crippen molar-refractivity contribution in [2.24, 2.45) is 0 Å². The van der Waals surface area contributed by atoms with Gasteiger partial charge in [-0.1, -0.05) is 23.8 Å². The van der Waals surface area contributed by atoms with Crippen LogP contribution in [0.4, 0.5) is 5.69 Å². The molecular formula is C22H20N4O3. The van der Waals surface area contributed by atoms with E-state index in [1.165, 1.54) is 0 Å². The van der Waals surface area contributed by atoms with Crippen LogP contribution in [0, 0.1) is 13.8 Å². The topological polar surface area (TPSA) is 88.6 Å². The van der Waals surface area contributed by atoms with Gasteiger partial charge in [-0.2, -0.15) is 0 Å². The summed E-state index contributed by atoms with van der Waals surface area (Å²) < 4.78 is 6.84. The summed E-state index contributed by atoms with van der Waals surface area (Å²) in [5, 5.41) is 5.65. The minimum atomic E-state index is -0.386. The molecule has 0 bridgehead atoms. The normalized spacial score (nSPS) is 10.8. The number of imidazole rings is 1. The molecule has 0 aliphatic rings. The number of anilines is 1.